The zero-order valence-corrected chi connectivity index (χ0v) is 40.7. The van der Waals surface area contributed by atoms with Crippen molar-refractivity contribution in [2.24, 2.45) is 17.6 Å². The van der Waals surface area contributed by atoms with Gasteiger partial charge in [-0.1, -0.05) is 48.4 Å². The van der Waals surface area contributed by atoms with Crippen molar-refractivity contribution in [2.75, 3.05) is 30.0 Å². The van der Waals surface area contributed by atoms with Gasteiger partial charge in [0.2, 0.25) is 0 Å². The van der Waals surface area contributed by atoms with Crippen molar-refractivity contribution >= 4 is 29.5 Å². The number of hydrogen-bond donors (Lipinski definition) is 14. The molecule has 14 unspecified atom stereocenters. The molecule has 20 heteroatoms. The van der Waals surface area contributed by atoms with Crippen molar-refractivity contribution in [3.05, 3.63) is 136 Å². The molecular weight excluding hydrogens is 969 g/mol. The Labute approximate surface area is 430 Å². The number of nitrogens with zero attached hydrogens (tertiary/aromatic N) is 2. The molecule has 20 nitrogen and oxygen atoms in total. The minimum absolute atomic E-state index is 0.0355. The maximum atomic E-state index is 15.6. The first-order valence-electron chi connectivity index (χ1n) is 25.5. The number of phenolic OH excluding ortho intramolecular Hbond substituents is 2. The number of rotatable bonds is 13. The predicted octanol–water partition coefficient (Wildman–Crippen LogP) is 2.87. The van der Waals surface area contributed by atoms with E-state index >= 15 is 4.79 Å². The van der Waals surface area contributed by atoms with Crippen LogP contribution in [0.5, 0.6) is 17.2 Å². The third kappa shape index (κ3) is 7.87. The second-order valence-electron chi connectivity index (χ2n) is 21.0. The molecule has 4 aliphatic carbocycles. The van der Waals surface area contributed by atoms with E-state index < -0.39 is 101 Å². The number of fused-ring (bicyclic) bond motifs is 5. The molecule has 0 spiro atoms. The van der Waals surface area contributed by atoms with E-state index in [0.29, 0.717) is 54.5 Å². The number of nitrogens with two attached hydrogens (primary N) is 1. The second-order valence-corrected chi connectivity index (χ2v) is 21.0. The zero-order chi connectivity index (χ0) is 52.7. The van der Waals surface area contributed by atoms with Gasteiger partial charge in [0.05, 0.1) is 30.4 Å². The van der Waals surface area contributed by atoms with Crippen LogP contribution in [0.15, 0.2) is 103 Å². The fourth-order valence-corrected chi connectivity index (χ4v) is 14.0. The number of amides is 1. The third-order valence-electron chi connectivity index (χ3n) is 17.3. The van der Waals surface area contributed by atoms with Gasteiger partial charge in [-0.3, -0.25) is 9.69 Å². The molecule has 1 saturated carbocycles. The minimum Gasteiger partial charge on any atom is -0.508 e. The number of benzene rings is 3. The maximum Gasteiger partial charge on any atom is 0.355 e. The summed E-state index contributed by atoms with van der Waals surface area (Å²) in [6.45, 7) is -0.597. The van der Waals surface area contributed by atoms with E-state index in [4.69, 9.17) is 15.2 Å². The molecule has 2 aromatic heterocycles. The van der Waals surface area contributed by atoms with Gasteiger partial charge >= 0.3 is 11.9 Å². The van der Waals surface area contributed by atoms with Gasteiger partial charge in [-0.25, -0.2) is 9.78 Å². The normalized spacial score (nSPS) is 34.0. The highest BCUT2D eigenvalue weighted by Gasteiger charge is 2.72. The zero-order valence-electron chi connectivity index (χ0n) is 40.7. The first-order valence-corrected chi connectivity index (χ1v) is 25.5. The Balaban J connectivity index is 1.03. The highest BCUT2D eigenvalue weighted by Crippen LogP contribution is 2.70. The molecule has 0 radical (unpaired) electrons. The summed E-state index contributed by atoms with van der Waals surface area (Å²) in [5, 5.41) is 115. The number of carboxylic acids is 1. The van der Waals surface area contributed by atoms with Crippen molar-refractivity contribution in [1.29, 1.82) is 0 Å². The van der Waals surface area contributed by atoms with Gasteiger partial charge in [0.1, 0.15) is 29.9 Å². The Bertz CT molecular complexity index is 3040. The van der Waals surface area contributed by atoms with Gasteiger partial charge in [-0.2, -0.15) is 0 Å². The number of anilines is 2. The molecule has 1 amide bonds. The Morgan fingerprint density at radius 2 is 1.73 bits per heavy atom. The Morgan fingerprint density at radius 1 is 0.933 bits per heavy atom. The number of aromatic hydroxyl groups is 2. The number of aliphatic hydroxyl groups excluding tert-OH is 6. The van der Waals surface area contributed by atoms with E-state index in [-0.39, 0.29) is 54.7 Å². The van der Waals surface area contributed by atoms with E-state index in [9.17, 15) is 55.9 Å². The first-order chi connectivity index (χ1) is 36.1. The molecule has 5 aromatic rings. The molecule has 396 valence electrons. The monoisotopic (exact) mass is 1030 g/mol. The summed E-state index contributed by atoms with van der Waals surface area (Å²) in [6, 6.07) is 20.1. The summed E-state index contributed by atoms with van der Waals surface area (Å²) in [6.07, 6.45) is -0.0663. The summed E-state index contributed by atoms with van der Waals surface area (Å²) >= 11 is 0. The molecule has 15 N–H and O–H groups in total. The number of phenols is 2. The van der Waals surface area contributed by atoms with Crippen LogP contribution in [0.4, 0.5) is 11.5 Å². The molecule has 1 saturated heterocycles. The number of imidazole rings is 1. The van der Waals surface area contributed by atoms with Gasteiger partial charge < -0.3 is 81.6 Å². The fourth-order valence-electron chi connectivity index (χ4n) is 14.0. The molecule has 4 heterocycles. The summed E-state index contributed by atoms with van der Waals surface area (Å²) < 4.78 is 11.2. The highest BCUT2D eigenvalue weighted by molar-refractivity contribution is 6.14. The van der Waals surface area contributed by atoms with E-state index in [1.54, 1.807) is 24.7 Å². The van der Waals surface area contributed by atoms with Crippen molar-refractivity contribution in [1.82, 2.24) is 15.0 Å². The number of aliphatic carboxylic acids is 1. The number of aromatic amines is 2. The van der Waals surface area contributed by atoms with Crippen LogP contribution in [-0.4, -0.2) is 146 Å². The lowest BCUT2D eigenvalue weighted by atomic mass is 9.59. The number of carbonyl (C=O) groups is 2. The van der Waals surface area contributed by atoms with Crippen LogP contribution in [0.2, 0.25) is 0 Å². The van der Waals surface area contributed by atoms with Gasteiger partial charge in [0.25, 0.3) is 5.91 Å². The largest absolute Gasteiger partial charge is 0.508 e. The molecule has 2 aliphatic heterocycles. The highest BCUT2D eigenvalue weighted by atomic mass is 16.8. The second kappa shape index (κ2) is 19.2. The molecule has 0 bridgehead atoms. The lowest BCUT2D eigenvalue weighted by Gasteiger charge is -2.46. The number of H-pyrrole nitrogens is 2. The van der Waals surface area contributed by atoms with Crippen LogP contribution in [0.25, 0.3) is 6.08 Å². The van der Waals surface area contributed by atoms with E-state index in [2.05, 4.69) is 20.3 Å². The van der Waals surface area contributed by atoms with Crippen LogP contribution >= 0.6 is 0 Å². The first kappa shape index (κ1) is 50.6. The number of ether oxygens (including phenoxy) is 2. The number of aliphatic hydroxyl groups is 7. The summed E-state index contributed by atoms with van der Waals surface area (Å²) in [4.78, 5) is 42.6. The molecule has 11 rings (SSSR count). The lowest BCUT2D eigenvalue weighted by Crippen LogP contribution is -2.67. The summed E-state index contributed by atoms with van der Waals surface area (Å²) in [7, 11) is 0. The van der Waals surface area contributed by atoms with Crippen molar-refractivity contribution < 1.29 is 70.1 Å². The number of carboxylic acid groups (broad SMARTS) is 1. The summed E-state index contributed by atoms with van der Waals surface area (Å²) in [5.41, 5.74) is 8.67. The number of hydrogen-bond acceptors (Lipinski definition) is 16. The van der Waals surface area contributed by atoms with Gasteiger partial charge in [-0.05, 0) is 103 Å². The molecule has 14 atom stereocenters. The number of nitrogens with one attached hydrogen (secondary N) is 3. The predicted molar refractivity (Wildman–Crippen MR) is 269 cm³/mol. The van der Waals surface area contributed by atoms with Crippen molar-refractivity contribution in [3.63, 3.8) is 0 Å². The lowest BCUT2D eigenvalue weighted by molar-refractivity contribution is -0.422. The standard InChI is InChI=1S/C55H62N6O14/c56-42-8-4-16-53(42,29-6-2-1-3-7-29)45-33-20-30(64)12-13-36(33)54(52(71)72)46(45)34-21-39(66)40(74-55(73)51(70)50(69)49(68)41(25-63)75-55)22-37(34)61(54)44(67)15-11-27-10-14-38(65)31(18-27)32-19-28(24-62)35(48-47(32)59-26-60-48)23-58-43-9-5-17-57-43/h1-3,5-7,9-11,14-15,17-18,21-22,26,28,30,32,35,41-42,45-46,49-51,57-58,62-66,68-70,73H,4,8,12-13,16,19-20,23-25,56H2,(H,59,60)(H,71,72). The number of carbonyl (C=O) groups excluding carboxylic acids is 1. The maximum absolute atomic E-state index is 15.6. The average Bonchev–Trinajstić information content (AvgIpc) is 4.27. The number of aromatic nitrogens is 3. The van der Waals surface area contributed by atoms with E-state index in [1.807, 2.05) is 42.5 Å². The molecule has 6 aliphatic rings. The van der Waals surface area contributed by atoms with E-state index in [0.717, 1.165) is 33.7 Å². The van der Waals surface area contributed by atoms with Crippen molar-refractivity contribution in [3.8, 4) is 17.2 Å². The van der Waals surface area contributed by atoms with Crippen molar-refractivity contribution in [2.45, 2.75) is 116 Å². The van der Waals surface area contributed by atoms with Crippen LogP contribution < -0.4 is 20.7 Å². The average molecular weight is 1030 g/mol. The van der Waals surface area contributed by atoms with Gasteiger partial charge in [0, 0.05) is 77.9 Å². The van der Waals surface area contributed by atoms with Crippen LogP contribution in [0.1, 0.15) is 96.3 Å². The minimum atomic E-state index is -3.19. The van der Waals surface area contributed by atoms with E-state index in [1.165, 1.54) is 24.3 Å². The molecule has 2 fully saturated rings. The molecular formula is C55H62N6O14. The molecule has 3 aromatic carbocycles. The third-order valence-corrected chi connectivity index (χ3v) is 17.3. The van der Waals surface area contributed by atoms with Crippen LogP contribution in [-0.2, 0) is 19.7 Å². The topological polar surface area (TPSA) is 341 Å². The quantitative estimate of drug-likeness (QED) is 0.0458. The van der Waals surface area contributed by atoms with Gasteiger partial charge in [0.15, 0.2) is 23.1 Å². The Morgan fingerprint density at radius 3 is 2.44 bits per heavy atom. The van der Waals surface area contributed by atoms with Gasteiger partial charge in [-0.15, -0.1) is 0 Å². The Hall–Kier alpha value is -6.59. The smallest absolute Gasteiger partial charge is 0.355 e. The molecule has 75 heavy (non-hydrogen) atoms. The fraction of sp³-hybridized carbons (Fsp3) is 0.436. The van der Waals surface area contributed by atoms with Crippen LogP contribution in [0.3, 0.4) is 0 Å². The Kier molecular flexibility index (Phi) is 12.9. The SMILES string of the molecule is NC1CCCC1(c1ccccc1)C1C2=C(CCC(O)C2)C2(C(=O)O)C1c1cc(O)c(OC3(O)OC(CO)C(O)C(O)C3O)cc1N2C(=O)C=Cc1ccc(O)c(C2CC(CO)C(CNc3ccc[nH]3)c3nc[nH]c32)c1. The van der Waals surface area contributed by atoms with Crippen LogP contribution in [0, 0.1) is 11.8 Å². The summed E-state index contributed by atoms with van der Waals surface area (Å²) in [5.74, 6) is -8.67.